The van der Waals surface area contributed by atoms with Crippen LogP contribution in [0.2, 0.25) is 0 Å². The van der Waals surface area contributed by atoms with E-state index in [2.05, 4.69) is 29.9 Å². The molecule has 0 aliphatic rings. The maximum atomic E-state index is 12.5. The Morgan fingerprint density at radius 2 is 2.12 bits per heavy atom. The van der Waals surface area contributed by atoms with E-state index in [1.165, 1.54) is 0 Å². The SMILES string of the molecule is O=C(Nc1cccc(-c2noc(=O)[nH]2)c1)c1c[nH]c2ncccc12. The van der Waals surface area contributed by atoms with Crippen LogP contribution >= 0.6 is 0 Å². The molecule has 0 unspecified atom stereocenters. The highest BCUT2D eigenvalue weighted by atomic mass is 16.5. The molecule has 0 saturated heterocycles. The molecular weight excluding hydrogens is 310 g/mol. The number of aromatic nitrogens is 4. The molecule has 4 rings (SSSR count). The smallest absolute Gasteiger partial charge is 0.345 e. The number of anilines is 1. The van der Waals surface area contributed by atoms with Gasteiger partial charge in [-0.1, -0.05) is 17.3 Å². The maximum Gasteiger partial charge on any atom is 0.439 e. The number of carbonyl (C=O) groups is 1. The predicted octanol–water partition coefficient (Wildman–Crippen LogP) is 2.16. The molecule has 8 nitrogen and oxygen atoms in total. The molecule has 3 aromatic heterocycles. The van der Waals surface area contributed by atoms with Gasteiger partial charge in [0.05, 0.1) is 5.56 Å². The van der Waals surface area contributed by atoms with E-state index >= 15 is 0 Å². The average molecular weight is 321 g/mol. The highest BCUT2D eigenvalue weighted by Crippen LogP contribution is 2.21. The van der Waals surface area contributed by atoms with E-state index in [0.717, 1.165) is 5.39 Å². The van der Waals surface area contributed by atoms with Gasteiger partial charge in [0.2, 0.25) is 0 Å². The van der Waals surface area contributed by atoms with Crippen molar-refractivity contribution in [1.29, 1.82) is 0 Å². The third kappa shape index (κ3) is 2.45. The lowest BCUT2D eigenvalue weighted by Gasteiger charge is -2.05. The molecule has 0 spiro atoms. The fraction of sp³-hybridized carbons (Fsp3) is 0. The lowest BCUT2D eigenvalue weighted by Crippen LogP contribution is -2.11. The number of nitrogens with one attached hydrogen (secondary N) is 3. The molecule has 0 bridgehead atoms. The summed E-state index contributed by atoms with van der Waals surface area (Å²) in [7, 11) is 0. The van der Waals surface area contributed by atoms with Gasteiger partial charge < -0.3 is 10.3 Å². The minimum atomic E-state index is -0.634. The molecule has 0 aliphatic heterocycles. The summed E-state index contributed by atoms with van der Waals surface area (Å²) in [5, 5.41) is 7.19. The highest BCUT2D eigenvalue weighted by molar-refractivity contribution is 6.12. The first-order valence-electron chi connectivity index (χ1n) is 7.10. The van der Waals surface area contributed by atoms with E-state index in [9.17, 15) is 9.59 Å². The maximum absolute atomic E-state index is 12.5. The van der Waals surface area contributed by atoms with E-state index in [-0.39, 0.29) is 5.91 Å². The molecule has 3 heterocycles. The second-order valence-electron chi connectivity index (χ2n) is 5.08. The zero-order valence-electron chi connectivity index (χ0n) is 12.2. The first-order valence-corrected chi connectivity index (χ1v) is 7.10. The van der Waals surface area contributed by atoms with Crippen LogP contribution in [-0.4, -0.2) is 26.0 Å². The first-order chi connectivity index (χ1) is 11.7. The largest absolute Gasteiger partial charge is 0.439 e. The number of nitrogens with zero attached hydrogens (tertiary/aromatic N) is 2. The van der Waals surface area contributed by atoms with Gasteiger partial charge in [0.15, 0.2) is 5.82 Å². The Hall–Kier alpha value is -3.68. The molecule has 1 amide bonds. The van der Waals surface area contributed by atoms with E-state index in [1.807, 2.05) is 6.07 Å². The zero-order valence-corrected chi connectivity index (χ0v) is 12.2. The molecule has 1 aromatic carbocycles. The molecule has 0 radical (unpaired) electrons. The molecule has 0 saturated carbocycles. The number of hydrogen-bond donors (Lipinski definition) is 3. The Morgan fingerprint density at radius 3 is 2.96 bits per heavy atom. The number of carbonyl (C=O) groups excluding carboxylic acids is 1. The number of hydrogen-bond acceptors (Lipinski definition) is 5. The van der Waals surface area contributed by atoms with Gasteiger partial charge >= 0.3 is 5.76 Å². The van der Waals surface area contributed by atoms with Gasteiger partial charge in [0, 0.05) is 29.0 Å². The standard InChI is InChI=1S/C16H11N5O3/c22-15(12-8-18-14-11(12)5-2-6-17-14)19-10-4-1-3-9(7-10)13-20-16(23)24-21-13/h1-8H,(H,17,18)(H,19,22)(H,20,21,23). The van der Waals surface area contributed by atoms with Gasteiger partial charge in [-0.25, -0.2) is 9.78 Å². The molecule has 8 heteroatoms. The number of H-pyrrole nitrogens is 2. The van der Waals surface area contributed by atoms with Gasteiger partial charge in [-0.05, 0) is 24.3 Å². The number of aromatic amines is 2. The fourth-order valence-corrected chi connectivity index (χ4v) is 2.44. The van der Waals surface area contributed by atoms with Crippen molar-refractivity contribution in [2.45, 2.75) is 0 Å². The van der Waals surface area contributed by atoms with Crippen LogP contribution in [0.15, 0.2) is 58.1 Å². The van der Waals surface area contributed by atoms with Crippen LogP contribution in [0, 0.1) is 0 Å². The van der Waals surface area contributed by atoms with Gasteiger partial charge in [-0.2, -0.15) is 0 Å². The van der Waals surface area contributed by atoms with Gasteiger partial charge in [-0.3, -0.25) is 14.3 Å². The minimum Gasteiger partial charge on any atom is -0.345 e. The van der Waals surface area contributed by atoms with Crippen LogP contribution in [0.25, 0.3) is 22.4 Å². The Labute approximate surface area is 134 Å². The molecule has 0 aliphatic carbocycles. The topological polar surface area (TPSA) is 117 Å². The lowest BCUT2D eigenvalue weighted by atomic mass is 10.1. The summed E-state index contributed by atoms with van der Waals surface area (Å²) in [6.45, 7) is 0. The van der Waals surface area contributed by atoms with Crippen LogP contribution in [-0.2, 0) is 0 Å². The van der Waals surface area contributed by atoms with Crippen molar-refractivity contribution in [2.75, 3.05) is 5.32 Å². The summed E-state index contributed by atoms with van der Waals surface area (Å²) in [6, 6.07) is 10.5. The molecular formula is C16H11N5O3. The Bertz CT molecular complexity index is 1090. The summed E-state index contributed by atoms with van der Waals surface area (Å²) in [4.78, 5) is 33.1. The second-order valence-corrected chi connectivity index (χ2v) is 5.08. The van der Waals surface area contributed by atoms with Crippen LogP contribution in [0.5, 0.6) is 0 Å². The van der Waals surface area contributed by atoms with E-state index in [1.54, 1.807) is 42.7 Å². The van der Waals surface area contributed by atoms with Crippen LogP contribution in [0.3, 0.4) is 0 Å². The van der Waals surface area contributed by atoms with Crippen molar-refractivity contribution in [2.24, 2.45) is 0 Å². The van der Waals surface area contributed by atoms with Gasteiger partial charge in [-0.15, -0.1) is 0 Å². The summed E-state index contributed by atoms with van der Waals surface area (Å²) >= 11 is 0. The molecule has 0 atom stereocenters. The van der Waals surface area contributed by atoms with E-state index in [0.29, 0.717) is 28.3 Å². The monoisotopic (exact) mass is 321 g/mol. The summed E-state index contributed by atoms with van der Waals surface area (Å²) in [5.41, 5.74) is 2.34. The number of amides is 1. The normalized spacial score (nSPS) is 10.8. The van der Waals surface area contributed by atoms with Crippen LogP contribution < -0.4 is 11.1 Å². The van der Waals surface area contributed by atoms with Gasteiger partial charge in [0.25, 0.3) is 5.91 Å². The van der Waals surface area contributed by atoms with E-state index in [4.69, 9.17) is 0 Å². The average Bonchev–Trinajstić information content (AvgIpc) is 3.21. The molecule has 24 heavy (non-hydrogen) atoms. The number of pyridine rings is 1. The summed E-state index contributed by atoms with van der Waals surface area (Å²) < 4.78 is 4.49. The summed E-state index contributed by atoms with van der Waals surface area (Å²) in [6.07, 6.45) is 3.27. The summed E-state index contributed by atoms with van der Waals surface area (Å²) in [5.74, 6) is -0.599. The quantitative estimate of drug-likeness (QED) is 0.534. The van der Waals surface area contributed by atoms with Crippen molar-refractivity contribution >= 4 is 22.6 Å². The zero-order chi connectivity index (χ0) is 16.5. The number of rotatable bonds is 3. The fourth-order valence-electron chi connectivity index (χ4n) is 2.44. The van der Waals surface area contributed by atoms with Crippen molar-refractivity contribution in [1.82, 2.24) is 20.1 Å². The first kappa shape index (κ1) is 13.9. The van der Waals surface area contributed by atoms with Crippen LogP contribution in [0.4, 0.5) is 5.69 Å². The molecule has 4 aromatic rings. The molecule has 0 fully saturated rings. The van der Waals surface area contributed by atoms with Crippen molar-refractivity contribution in [3.8, 4) is 11.4 Å². The highest BCUT2D eigenvalue weighted by Gasteiger charge is 2.13. The third-order valence-electron chi connectivity index (χ3n) is 3.53. The van der Waals surface area contributed by atoms with Crippen molar-refractivity contribution in [3.05, 3.63) is 64.9 Å². The Kier molecular flexibility index (Phi) is 3.20. The number of benzene rings is 1. The van der Waals surface area contributed by atoms with Crippen LogP contribution in [0.1, 0.15) is 10.4 Å². The Morgan fingerprint density at radius 1 is 1.21 bits per heavy atom. The van der Waals surface area contributed by atoms with Gasteiger partial charge in [0.1, 0.15) is 5.65 Å². The molecule has 3 N–H and O–H groups in total. The predicted molar refractivity (Wildman–Crippen MR) is 86.6 cm³/mol. The minimum absolute atomic E-state index is 0.264. The molecule has 118 valence electrons. The Balaban J connectivity index is 1.63. The third-order valence-corrected chi connectivity index (χ3v) is 3.53. The van der Waals surface area contributed by atoms with Crippen molar-refractivity contribution < 1.29 is 9.32 Å². The lowest BCUT2D eigenvalue weighted by molar-refractivity contribution is 0.102. The van der Waals surface area contributed by atoms with Crippen molar-refractivity contribution in [3.63, 3.8) is 0 Å². The van der Waals surface area contributed by atoms with E-state index < -0.39 is 5.76 Å². The second kappa shape index (κ2) is 5.51. The number of fused-ring (bicyclic) bond motifs is 1.